The van der Waals surface area contributed by atoms with Crippen molar-refractivity contribution in [2.75, 3.05) is 13.2 Å². The maximum absolute atomic E-state index is 12.6. The molecule has 176 valence electrons. The molecule has 1 aliphatic rings. The minimum absolute atomic E-state index is 0. The smallest absolute Gasteiger partial charge is 0.545 e. The molecule has 1 atom stereocenters. The zero-order valence-electron chi connectivity index (χ0n) is 19.8. The summed E-state index contributed by atoms with van der Waals surface area (Å²) in [6, 6.07) is 19.5. The first-order valence-electron chi connectivity index (χ1n) is 11.2. The van der Waals surface area contributed by atoms with Gasteiger partial charge < -0.3 is 24.7 Å². The number of nitrogens with one attached hydrogen (secondary N) is 1. The van der Waals surface area contributed by atoms with Gasteiger partial charge in [0, 0.05) is 24.1 Å². The third kappa shape index (κ3) is 5.84. The summed E-state index contributed by atoms with van der Waals surface area (Å²) in [5.41, 5.74) is 1.45. The first-order valence-corrected chi connectivity index (χ1v) is 11.6. The minimum Gasteiger partial charge on any atom is -0.545 e. The van der Waals surface area contributed by atoms with E-state index in [1.54, 1.807) is 30.3 Å². The van der Waals surface area contributed by atoms with E-state index in [1.807, 2.05) is 12.1 Å². The van der Waals surface area contributed by atoms with Gasteiger partial charge in [-0.25, -0.2) is 0 Å². The summed E-state index contributed by atoms with van der Waals surface area (Å²) in [6.45, 7) is 2.74. The molecule has 0 fully saturated rings. The second-order valence-corrected chi connectivity index (χ2v) is 8.49. The monoisotopic (exact) mass is 501 g/mol. The normalized spacial score (nSPS) is 16.3. The van der Waals surface area contributed by atoms with Gasteiger partial charge >= 0.3 is 29.6 Å². The molecule has 0 radical (unpaired) electrons. The predicted molar refractivity (Wildman–Crippen MR) is 127 cm³/mol. The molecule has 0 aliphatic carbocycles. The Balaban J connectivity index is 0.00000342. The van der Waals surface area contributed by atoms with Gasteiger partial charge in [0.1, 0.15) is 11.5 Å². The van der Waals surface area contributed by atoms with Crippen molar-refractivity contribution < 1.29 is 53.7 Å². The number of aliphatic carboxylic acids is 1. The average Bonchev–Trinajstić information content (AvgIpc) is 2.85. The van der Waals surface area contributed by atoms with Gasteiger partial charge in [-0.15, -0.1) is 0 Å². The van der Waals surface area contributed by atoms with Gasteiger partial charge in [0.2, 0.25) is 0 Å². The van der Waals surface area contributed by atoms with Gasteiger partial charge in [-0.3, -0.25) is 4.79 Å². The number of fused-ring (bicyclic) bond motifs is 1. The molecule has 0 saturated heterocycles. The summed E-state index contributed by atoms with van der Waals surface area (Å²) in [5.74, 6) is -1.08. The SMILES string of the molecule is CCc1ccccc1CCNC(=O)c1ccc(OC2(C(=O)[O-])CCOc3ccccc32)c(Cl)c1.[Na+]. The van der Waals surface area contributed by atoms with Gasteiger partial charge in [-0.1, -0.05) is 61.0 Å². The number of carbonyl (C=O) groups is 2. The van der Waals surface area contributed by atoms with Crippen LogP contribution in [-0.4, -0.2) is 25.0 Å². The Hall–Kier alpha value is -2.51. The van der Waals surface area contributed by atoms with Crippen LogP contribution in [-0.2, 0) is 23.2 Å². The Morgan fingerprint density at radius 2 is 1.80 bits per heavy atom. The number of carbonyl (C=O) groups excluding carboxylic acids is 2. The molecule has 8 heteroatoms. The molecule has 1 N–H and O–H groups in total. The molecule has 4 rings (SSSR count). The summed E-state index contributed by atoms with van der Waals surface area (Å²) in [6.07, 6.45) is 1.72. The number of aryl methyl sites for hydroxylation is 1. The number of hydrogen-bond donors (Lipinski definition) is 1. The van der Waals surface area contributed by atoms with Crippen molar-refractivity contribution >= 4 is 23.5 Å². The van der Waals surface area contributed by atoms with Crippen molar-refractivity contribution in [1.82, 2.24) is 5.32 Å². The maximum Gasteiger partial charge on any atom is 1.00 e. The van der Waals surface area contributed by atoms with Gasteiger partial charge in [0.15, 0.2) is 5.60 Å². The van der Waals surface area contributed by atoms with E-state index in [-0.39, 0.29) is 59.3 Å². The van der Waals surface area contributed by atoms with Crippen LogP contribution in [0, 0.1) is 0 Å². The summed E-state index contributed by atoms with van der Waals surface area (Å²) in [7, 11) is 0. The van der Waals surface area contributed by atoms with E-state index < -0.39 is 11.6 Å². The molecule has 1 unspecified atom stereocenters. The Morgan fingerprint density at radius 1 is 1.09 bits per heavy atom. The molecule has 6 nitrogen and oxygen atoms in total. The van der Waals surface area contributed by atoms with Crippen LogP contribution in [0.4, 0.5) is 0 Å². The molecule has 1 amide bonds. The molecule has 1 heterocycles. The first-order chi connectivity index (χ1) is 16.4. The number of halogens is 1. The zero-order valence-corrected chi connectivity index (χ0v) is 22.6. The molecule has 0 bridgehead atoms. The predicted octanol–water partition coefficient (Wildman–Crippen LogP) is 0.686. The van der Waals surface area contributed by atoms with E-state index in [0.29, 0.717) is 23.4 Å². The van der Waals surface area contributed by atoms with Crippen LogP contribution < -0.4 is 49.5 Å². The van der Waals surface area contributed by atoms with Crippen molar-refractivity contribution in [2.45, 2.75) is 31.8 Å². The third-order valence-corrected chi connectivity index (χ3v) is 6.32. The molecular weight excluding hydrogens is 477 g/mol. The van der Waals surface area contributed by atoms with E-state index in [1.165, 1.54) is 23.3 Å². The van der Waals surface area contributed by atoms with Crippen molar-refractivity contribution in [1.29, 1.82) is 0 Å². The number of para-hydroxylation sites is 1. The van der Waals surface area contributed by atoms with E-state index in [2.05, 4.69) is 24.4 Å². The number of hydrogen-bond acceptors (Lipinski definition) is 5. The second-order valence-electron chi connectivity index (χ2n) is 8.08. The second kappa shape index (κ2) is 12.0. The van der Waals surface area contributed by atoms with E-state index in [9.17, 15) is 14.7 Å². The maximum atomic E-state index is 12.6. The van der Waals surface area contributed by atoms with Gasteiger partial charge in [-0.05, 0) is 48.2 Å². The fraction of sp³-hybridized carbons (Fsp3) is 0.259. The minimum atomic E-state index is -1.74. The van der Waals surface area contributed by atoms with Crippen LogP contribution in [0.3, 0.4) is 0 Å². The van der Waals surface area contributed by atoms with E-state index in [4.69, 9.17) is 21.1 Å². The Labute approximate surface area is 231 Å². The number of carboxylic acids is 1. The van der Waals surface area contributed by atoms with Gasteiger partial charge in [0.05, 0.1) is 17.6 Å². The molecule has 3 aromatic carbocycles. The summed E-state index contributed by atoms with van der Waals surface area (Å²) < 4.78 is 11.5. The quantitative estimate of drug-likeness (QED) is 0.459. The molecule has 3 aromatic rings. The number of carboxylic acid groups (broad SMARTS) is 1. The summed E-state index contributed by atoms with van der Waals surface area (Å²) in [5, 5.41) is 15.3. The fourth-order valence-corrected chi connectivity index (χ4v) is 4.42. The zero-order chi connectivity index (χ0) is 24.1. The van der Waals surface area contributed by atoms with Gasteiger partial charge in [-0.2, -0.15) is 0 Å². The standard InChI is InChI=1S/C27H26ClNO5.Na/c1-2-18-7-3-4-8-19(18)13-15-29-25(30)20-11-12-24(22(28)17-20)34-27(26(31)32)14-16-33-23-10-6-5-9-21(23)27;/h3-12,17H,2,13-16H2,1H3,(H,29,30)(H,31,32);/q;+1/p-1. The first kappa shape index (κ1) is 27.1. The molecular formula is C27H25ClNNaO5. The van der Waals surface area contributed by atoms with Crippen molar-refractivity contribution in [3.63, 3.8) is 0 Å². The molecule has 35 heavy (non-hydrogen) atoms. The Morgan fingerprint density at radius 3 is 2.51 bits per heavy atom. The van der Waals surface area contributed by atoms with Crippen molar-refractivity contribution in [3.8, 4) is 11.5 Å². The number of ether oxygens (including phenoxy) is 2. The summed E-state index contributed by atoms with van der Waals surface area (Å²) in [4.78, 5) is 24.9. The number of rotatable bonds is 8. The Kier molecular flexibility index (Phi) is 9.25. The molecule has 1 aliphatic heterocycles. The molecule has 0 saturated carbocycles. The van der Waals surface area contributed by atoms with E-state index >= 15 is 0 Å². The van der Waals surface area contributed by atoms with E-state index in [0.717, 1.165) is 12.8 Å². The van der Waals surface area contributed by atoms with Crippen LogP contribution >= 0.6 is 11.6 Å². The van der Waals surface area contributed by atoms with Crippen LogP contribution in [0.25, 0.3) is 0 Å². The molecule has 0 aromatic heterocycles. The average molecular weight is 502 g/mol. The van der Waals surface area contributed by atoms with Crippen LogP contribution in [0.2, 0.25) is 5.02 Å². The van der Waals surface area contributed by atoms with Gasteiger partial charge in [0.25, 0.3) is 5.91 Å². The fourth-order valence-electron chi connectivity index (χ4n) is 4.20. The van der Waals surface area contributed by atoms with Crippen LogP contribution in [0.5, 0.6) is 11.5 Å². The van der Waals surface area contributed by atoms with Crippen LogP contribution in [0.15, 0.2) is 66.7 Å². The summed E-state index contributed by atoms with van der Waals surface area (Å²) >= 11 is 6.41. The van der Waals surface area contributed by atoms with Crippen molar-refractivity contribution in [3.05, 3.63) is 94.0 Å². The third-order valence-electron chi connectivity index (χ3n) is 6.02. The number of benzene rings is 3. The molecule has 0 spiro atoms. The van der Waals surface area contributed by atoms with Crippen molar-refractivity contribution in [2.24, 2.45) is 0 Å². The largest absolute Gasteiger partial charge is 1.00 e. The Bertz CT molecular complexity index is 1220. The topological polar surface area (TPSA) is 87.7 Å². The number of amides is 1. The van der Waals surface area contributed by atoms with Crippen LogP contribution in [0.1, 0.15) is 40.4 Å².